The molecule has 0 aromatic carbocycles. The third-order valence-corrected chi connectivity index (χ3v) is 2.44. The van der Waals surface area contributed by atoms with Crippen LogP contribution in [0.3, 0.4) is 0 Å². The molecular formula is C10H20O3. The van der Waals surface area contributed by atoms with Gasteiger partial charge < -0.3 is 10.2 Å². The number of hydrogen-bond acceptors (Lipinski definition) is 2. The van der Waals surface area contributed by atoms with Crippen LogP contribution in [0.1, 0.15) is 34.1 Å². The van der Waals surface area contributed by atoms with E-state index in [0.29, 0.717) is 12.3 Å². The maximum absolute atomic E-state index is 10.9. The van der Waals surface area contributed by atoms with Crippen molar-refractivity contribution in [2.45, 2.75) is 40.2 Å². The Balaban J connectivity index is 4.33. The van der Waals surface area contributed by atoms with Crippen molar-refractivity contribution >= 4 is 5.97 Å². The Kier molecular flexibility index (Phi) is 4.99. The first-order chi connectivity index (χ1) is 5.86. The molecule has 3 atom stereocenters. The van der Waals surface area contributed by atoms with Crippen molar-refractivity contribution in [3.8, 4) is 0 Å². The lowest BCUT2D eigenvalue weighted by Crippen LogP contribution is -2.30. The first-order valence-electron chi connectivity index (χ1n) is 4.77. The van der Waals surface area contributed by atoms with Crippen molar-refractivity contribution in [1.82, 2.24) is 0 Å². The first-order valence-corrected chi connectivity index (χ1v) is 4.77. The molecule has 0 fully saturated rings. The van der Waals surface area contributed by atoms with E-state index in [1.807, 2.05) is 13.8 Å². The van der Waals surface area contributed by atoms with Gasteiger partial charge in [-0.05, 0) is 25.2 Å². The molecule has 3 heteroatoms. The first kappa shape index (κ1) is 12.4. The molecule has 78 valence electrons. The maximum Gasteiger partial charge on any atom is 0.306 e. The molecule has 0 saturated heterocycles. The van der Waals surface area contributed by atoms with Gasteiger partial charge in [-0.2, -0.15) is 0 Å². The molecule has 2 N–H and O–H groups in total. The standard InChI is InChI=1S/C10H20O3/c1-6(2)5-9(10(12)13)7(3)8(4)11/h6-9,11H,5H2,1-4H3,(H,12,13). The van der Waals surface area contributed by atoms with Crippen LogP contribution in [0.15, 0.2) is 0 Å². The second-order valence-corrected chi connectivity index (χ2v) is 4.17. The van der Waals surface area contributed by atoms with Gasteiger partial charge in [-0.15, -0.1) is 0 Å². The van der Waals surface area contributed by atoms with Gasteiger partial charge in [0.1, 0.15) is 0 Å². The molecule has 0 aliphatic carbocycles. The lowest BCUT2D eigenvalue weighted by molar-refractivity contribution is -0.145. The molecular weight excluding hydrogens is 168 g/mol. The third kappa shape index (κ3) is 4.27. The van der Waals surface area contributed by atoms with Crippen LogP contribution in [0.25, 0.3) is 0 Å². The molecule has 3 unspecified atom stereocenters. The van der Waals surface area contributed by atoms with Gasteiger partial charge in [0.25, 0.3) is 0 Å². The van der Waals surface area contributed by atoms with Crippen molar-refractivity contribution < 1.29 is 15.0 Å². The predicted octanol–water partition coefficient (Wildman–Crippen LogP) is 1.75. The average Bonchev–Trinajstić information content (AvgIpc) is 1.97. The van der Waals surface area contributed by atoms with E-state index < -0.39 is 18.0 Å². The van der Waals surface area contributed by atoms with E-state index in [1.165, 1.54) is 0 Å². The fourth-order valence-electron chi connectivity index (χ4n) is 1.38. The van der Waals surface area contributed by atoms with Crippen LogP contribution >= 0.6 is 0 Å². The zero-order valence-corrected chi connectivity index (χ0v) is 8.82. The zero-order valence-electron chi connectivity index (χ0n) is 8.82. The number of aliphatic hydroxyl groups excluding tert-OH is 1. The molecule has 0 aromatic rings. The van der Waals surface area contributed by atoms with E-state index in [4.69, 9.17) is 5.11 Å². The van der Waals surface area contributed by atoms with E-state index in [1.54, 1.807) is 13.8 Å². The van der Waals surface area contributed by atoms with E-state index in [0.717, 1.165) is 0 Å². The number of rotatable bonds is 5. The van der Waals surface area contributed by atoms with Crippen LogP contribution in [0.2, 0.25) is 0 Å². The highest BCUT2D eigenvalue weighted by Gasteiger charge is 2.28. The van der Waals surface area contributed by atoms with Crippen LogP contribution in [0.4, 0.5) is 0 Å². The Morgan fingerprint density at radius 1 is 1.23 bits per heavy atom. The number of aliphatic hydroxyl groups is 1. The lowest BCUT2D eigenvalue weighted by atomic mass is 9.84. The number of carbonyl (C=O) groups is 1. The summed E-state index contributed by atoms with van der Waals surface area (Å²) in [6.07, 6.45) is 0.0707. The van der Waals surface area contributed by atoms with Crippen molar-refractivity contribution in [1.29, 1.82) is 0 Å². The highest BCUT2D eigenvalue weighted by atomic mass is 16.4. The number of carboxylic acids is 1. The van der Waals surface area contributed by atoms with Gasteiger partial charge in [-0.25, -0.2) is 0 Å². The summed E-state index contributed by atoms with van der Waals surface area (Å²) in [4.78, 5) is 10.9. The second kappa shape index (κ2) is 5.22. The predicted molar refractivity (Wildman–Crippen MR) is 51.4 cm³/mol. The van der Waals surface area contributed by atoms with Crippen molar-refractivity contribution in [2.75, 3.05) is 0 Å². The fourth-order valence-corrected chi connectivity index (χ4v) is 1.38. The smallest absolute Gasteiger partial charge is 0.306 e. The molecule has 0 aliphatic heterocycles. The van der Waals surface area contributed by atoms with Gasteiger partial charge in [-0.3, -0.25) is 4.79 Å². The average molecular weight is 188 g/mol. The highest BCUT2D eigenvalue weighted by molar-refractivity contribution is 5.70. The minimum Gasteiger partial charge on any atom is -0.481 e. The lowest BCUT2D eigenvalue weighted by Gasteiger charge is -2.23. The van der Waals surface area contributed by atoms with E-state index >= 15 is 0 Å². The van der Waals surface area contributed by atoms with Crippen LogP contribution in [-0.2, 0) is 4.79 Å². The molecule has 0 radical (unpaired) electrons. The Labute approximate surface area is 79.8 Å². The van der Waals surface area contributed by atoms with Gasteiger partial charge in [0.2, 0.25) is 0 Å². The summed E-state index contributed by atoms with van der Waals surface area (Å²) in [6, 6.07) is 0. The molecule has 13 heavy (non-hydrogen) atoms. The van der Waals surface area contributed by atoms with Crippen LogP contribution < -0.4 is 0 Å². The summed E-state index contributed by atoms with van der Waals surface area (Å²) in [5.41, 5.74) is 0. The van der Waals surface area contributed by atoms with E-state index in [-0.39, 0.29) is 5.92 Å². The number of carboxylic acid groups (broad SMARTS) is 1. The van der Waals surface area contributed by atoms with Gasteiger partial charge in [0.15, 0.2) is 0 Å². The van der Waals surface area contributed by atoms with Gasteiger partial charge in [-0.1, -0.05) is 20.8 Å². The summed E-state index contributed by atoms with van der Waals surface area (Å²) in [5, 5.41) is 18.2. The molecule has 0 spiro atoms. The van der Waals surface area contributed by atoms with Crippen LogP contribution in [0, 0.1) is 17.8 Å². The SMILES string of the molecule is CC(C)CC(C(=O)O)C(C)C(C)O. The number of hydrogen-bond donors (Lipinski definition) is 2. The third-order valence-electron chi connectivity index (χ3n) is 2.44. The Morgan fingerprint density at radius 2 is 1.69 bits per heavy atom. The summed E-state index contributed by atoms with van der Waals surface area (Å²) in [5.74, 6) is -1.07. The highest BCUT2D eigenvalue weighted by Crippen LogP contribution is 2.23. The summed E-state index contributed by atoms with van der Waals surface area (Å²) in [6.45, 7) is 7.40. The minimum atomic E-state index is -0.804. The van der Waals surface area contributed by atoms with Crippen molar-refractivity contribution in [3.05, 3.63) is 0 Å². The number of aliphatic carboxylic acids is 1. The Bertz CT molecular complexity index is 164. The van der Waals surface area contributed by atoms with E-state index in [9.17, 15) is 9.90 Å². The Hall–Kier alpha value is -0.570. The molecule has 0 heterocycles. The van der Waals surface area contributed by atoms with Crippen LogP contribution in [-0.4, -0.2) is 22.3 Å². The van der Waals surface area contributed by atoms with Gasteiger partial charge in [0, 0.05) is 0 Å². The van der Waals surface area contributed by atoms with Crippen molar-refractivity contribution in [2.24, 2.45) is 17.8 Å². The maximum atomic E-state index is 10.9. The molecule has 0 saturated carbocycles. The van der Waals surface area contributed by atoms with Crippen LogP contribution in [0.5, 0.6) is 0 Å². The second-order valence-electron chi connectivity index (χ2n) is 4.17. The normalized spacial score (nSPS) is 18.3. The molecule has 0 amide bonds. The fraction of sp³-hybridized carbons (Fsp3) is 0.900. The largest absolute Gasteiger partial charge is 0.481 e. The summed E-state index contributed by atoms with van der Waals surface area (Å²) >= 11 is 0. The molecule has 0 aromatic heterocycles. The summed E-state index contributed by atoms with van der Waals surface area (Å²) < 4.78 is 0. The van der Waals surface area contributed by atoms with E-state index in [2.05, 4.69) is 0 Å². The zero-order chi connectivity index (χ0) is 10.6. The quantitative estimate of drug-likeness (QED) is 0.691. The molecule has 0 bridgehead atoms. The minimum absolute atomic E-state index is 0.181. The summed E-state index contributed by atoms with van der Waals surface area (Å²) in [7, 11) is 0. The van der Waals surface area contributed by atoms with Gasteiger partial charge >= 0.3 is 5.97 Å². The van der Waals surface area contributed by atoms with Crippen molar-refractivity contribution in [3.63, 3.8) is 0 Å². The Morgan fingerprint density at radius 3 is 1.92 bits per heavy atom. The molecule has 0 rings (SSSR count). The monoisotopic (exact) mass is 188 g/mol. The molecule has 3 nitrogen and oxygen atoms in total. The topological polar surface area (TPSA) is 57.5 Å². The molecule has 0 aliphatic rings. The van der Waals surface area contributed by atoms with Gasteiger partial charge in [0.05, 0.1) is 12.0 Å².